The van der Waals surface area contributed by atoms with Crippen LogP contribution in [0, 0.1) is 0 Å². The topological polar surface area (TPSA) is 67.8 Å². The number of rotatable bonds is 6. The second-order valence-corrected chi connectivity index (χ2v) is 5.24. The summed E-state index contributed by atoms with van der Waals surface area (Å²) in [7, 11) is 0. The van der Waals surface area contributed by atoms with Crippen LogP contribution < -0.4 is 14.8 Å². The largest absolute Gasteiger partial charge is 0.490 e. The van der Waals surface area contributed by atoms with Crippen LogP contribution in [-0.2, 0) is 4.79 Å². The van der Waals surface area contributed by atoms with Gasteiger partial charge in [-0.2, -0.15) is 0 Å². The van der Waals surface area contributed by atoms with Crippen molar-refractivity contribution in [2.24, 2.45) is 0 Å². The maximum Gasteiger partial charge on any atom is 0.258 e. The number of aliphatic hydroxyl groups is 1. The molecule has 116 valence electrons. The Morgan fingerprint density at radius 3 is 2.43 bits per heavy atom. The molecule has 5 heteroatoms. The number of amides is 1. The Labute approximate surface area is 125 Å². The molecule has 1 saturated carbocycles. The molecule has 0 aromatic heterocycles. The molecule has 0 saturated heterocycles. The summed E-state index contributed by atoms with van der Waals surface area (Å²) in [4.78, 5) is 11.9. The molecule has 5 nitrogen and oxygen atoms in total. The molecule has 0 heterocycles. The Morgan fingerprint density at radius 2 is 1.81 bits per heavy atom. The summed E-state index contributed by atoms with van der Waals surface area (Å²) < 4.78 is 11.0. The van der Waals surface area contributed by atoms with Crippen molar-refractivity contribution in [3.63, 3.8) is 0 Å². The number of aliphatic hydroxyl groups excluding tert-OH is 1. The van der Waals surface area contributed by atoms with Crippen LogP contribution in [-0.4, -0.2) is 36.4 Å². The first kappa shape index (κ1) is 15.6. The van der Waals surface area contributed by atoms with Gasteiger partial charge in [0.05, 0.1) is 12.7 Å². The molecule has 0 radical (unpaired) electrons. The smallest absolute Gasteiger partial charge is 0.258 e. The van der Waals surface area contributed by atoms with Crippen molar-refractivity contribution in [3.8, 4) is 11.5 Å². The van der Waals surface area contributed by atoms with Crippen LogP contribution in [0.25, 0.3) is 0 Å². The van der Waals surface area contributed by atoms with Gasteiger partial charge in [-0.15, -0.1) is 0 Å². The van der Waals surface area contributed by atoms with Crippen molar-refractivity contribution < 1.29 is 19.4 Å². The number of benzene rings is 1. The minimum atomic E-state index is -0.215. The lowest BCUT2D eigenvalue weighted by Crippen LogP contribution is -2.40. The molecule has 2 N–H and O–H groups in total. The van der Waals surface area contributed by atoms with E-state index in [9.17, 15) is 9.90 Å². The van der Waals surface area contributed by atoms with E-state index in [0.717, 1.165) is 25.7 Å². The van der Waals surface area contributed by atoms with Gasteiger partial charge in [0.1, 0.15) is 0 Å². The predicted octanol–water partition coefficient (Wildman–Crippen LogP) is 1.88. The van der Waals surface area contributed by atoms with Gasteiger partial charge in [0.2, 0.25) is 0 Å². The Balaban J connectivity index is 1.78. The Kier molecular flexibility index (Phi) is 5.87. The van der Waals surface area contributed by atoms with Crippen LogP contribution in [0.4, 0.5) is 0 Å². The van der Waals surface area contributed by atoms with Crippen LogP contribution in [0.2, 0.25) is 0 Å². The third-order valence-electron chi connectivity index (χ3n) is 3.57. The molecule has 1 fully saturated rings. The van der Waals surface area contributed by atoms with Crippen LogP contribution >= 0.6 is 0 Å². The van der Waals surface area contributed by atoms with Gasteiger partial charge >= 0.3 is 0 Å². The molecule has 1 aliphatic carbocycles. The maximum absolute atomic E-state index is 11.9. The van der Waals surface area contributed by atoms with Crippen molar-refractivity contribution in [1.29, 1.82) is 0 Å². The molecule has 21 heavy (non-hydrogen) atoms. The second-order valence-electron chi connectivity index (χ2n) is 5.24. The Morgan fingerprint density at radius 1 is 1.19 bits per heavy atom. The highest BCUT2D eigenvalue weighted by molar-refractivity contribution is 5.77. The molecular formula is C16H23NO4. The van der Waals surface area contributed by atoms with Crippen LogP contribution in [0.5, 0.6) is 11.5 Å². The highest BCUT2D eigenvalue weighted by Crippen LogP contribution is 2.26. The molecule has 2 rings (SSSR count). The van der Waals surface area contributed by atoms with Gasteiger partial charge in [-0.25, -0.2) is 0 Å². The van der Waals surface area contributed by atoms with Crippen LogP contribution in [0.1, 0.15) is 32.6 Å². The van der Waals surface area contributed by atoms with E-state index in [0.29, 0.717) is 18.1 Å². The van der Waals surface area contributed by atoms with Crippen LogP contribution in [0.15, 0.2) is 24.3 Å². The Hall–Kier alpha value is -1.75. The lowest BCUT2D eigenvalue weighted by Gasteiger charge is -2.26. The summed E-state index contributed by atoms with van der Waals surface area (Å²) in [5, 5.41) is 12.4. The van der Waals surface area contributed by atoms with E-state index in [2.05, 4.69) is 5.32 Å². The van der Waals surface area contributed by atoms with Crippen LogP contribution in [0.3, 0.4) is 0 Å². The van der Waals surface area contributed by atoms with E-state index in [-0.39, 0.29) is 24.7 Å². The normalized spacial score (nSPS) is 21.6. The van der Waals surface area contributed by atoms with E-state index in [1.54, 1.807) is 6.07 Å². The first-order chi connectivity index (χ1) is 10.2. The van der Waals surface area contributed by atoms with E-state index in [1.165, 1.54) is 0 Å². The maximum atomic E-state index is 11.9. The van der Waals surface area contributed by atoms with E-state index in [1.807, 2.05) is 25.1 Å². The fourth-order valence-corrected chi connectivity index (χ4v) is 2.48. The summed E-state index contributed by atoms with van der Waals surface area (Å²) >= 11 is 0. The van der Waals surface area contributed by atoms with Gasteiger partial charge < -0.3 is 19.9 Å². The van der Waals surface area contributed by atoms with Gasteiger partial charge in [-0.1, -0.05) is 12.1 Å². The van der Waals surface area contributed by atoms with Gasteiger partial charge in [-0.3, -0.25) is 4.79 Å². The third-order valence-corrected chi connectivity index (χ3v) is 3.57. The zero-order chi connectivity index (χ0) is 15.1. The molecule has 0 bridgehead atoms. The SMILES string of the molecule is CCOc1ccccc1OCC(=O)NC1CCC(O)CC1. The van der Waals surface area contributed by atoms with Crippen molar-refractivity contribution in [3.05, 3.63) is 24.3 Å². The summed E-state index contributed by atoms with van der Waals surface area (Å²) in [6.45, 7) is 2.43. The van der Waals surface area contributed by atoms with Crippen molar-refractivity contribution in [1.82, 2.24) is 5.32 Å². The first-order valence-corrected chi connectivity index (χ1v) is 7.51. The minimum absolute atomic E-state index is 0.0247. The van der Waals surface area contributed by atoms with E-state index >= 15 is 0 Å². The minimum Gasteiger partial charge on any atom is -0.490 e. The summed E-state index contributed by atoms with van der Waals surface area (Å²) in [6, 6.07) is 7.46. The fourth-order valence-electron chi connectivity index (χ4n) is 2.48. The van der Waals surface area contributed by atoms with Gasteiger partial charge in [0, 0.05) is 6.04 Å². The Bertz CT molecular complexity index is 455. The number of carbonyl (C=O) groups excluding carboxylic acids is 1. The van der Waals surface area contributed by atoms with Gasteiger partial charge in [0.25, 0.3) is 5.91 Å². The molecule has 1 amide bonds. The summed E-state index contributed by atoms with van der Waals surface area (Å²) in [5.74, 6) is 1.09. The average Bonchev–Trinajstić information content (AvgIpc) is 2.49. The zero-order valence-electron chi connectivity index (χ0n) is 12.4. The molecule has 0 spiro atoms. The summed E-state index contributed by atoms with van der Waals surface area (Å²) in [5.41, 5.74) is 0. The second kappa shape index (κ2) is 7.88. The number of carbonyl (C=O) groups is 1. The number of hydrogen-bond acceptors (Lipinski definition) is 4. The lowest BCUT2D eigenvalue weighted by atomic mass is 9.93. The number of ether oxygens (including phenoxy) is 2. The average molecular weight is 293 g/mol. The monoisotopic (exact) mass is 293 g/mol. The van der Waals surface area contributed by atoms with E-state index in [4.69, 9.17) is 9.47 Å². The predicted molar refractivity (Wildman–Crippen MR) is 79.5 cm³/mol. The highest BCUT2D eigenvalue weighted by atomic mass is 16.5. The number of hydrogen-bond donors (Lipinski definition) is 2. The molecule has 1 aromatic rings. The highest BCUT2D eigenvalue weighted by Gasteiger charge is 2.20. The third kappa shape index (κ3) is 4.93. The van der Waals surface area contributed by atoms with Crippen molar-refractivity contribution in [2.75, 3.05) is 13.2 Å². The van der Waals surface area contributed by atoms with Gasteiger partial charge in [0.15, 0.2) is 18.1 Å². The molecule has 0 unspecified atom stereocenters. The molecule has 1 aromatic carbocycles. The molecule has 0 aliphatic heterocycles. The fraction of sp³-hybridized carbons (Fsp3) is 0.562. The molecular weight excluding hydrogens is 270 g/mol. The van der Waals surface area contributed by atoms with E-state index < -0.39 is 0 Å². The lowest BCUT2D eigenvalue weighted by molar-refractivity contribution is -0.124. The molecule has 1 aliphatic rings. The zero-order valence-corrected chi connectivity index (χ0v) is 12.4. The van der Waals surface area contributed by atoms with Crippen molar-refractivity contribution in [2.45, 2.75) is 44.8 Å². The number of para-hydroxylation sites is 2. The first-order valence-electron chi connectivity index (χ1n) is 7.51. The quantitative estimate of drug-likeness (QED) is 0.840. The number of nitrogens with one attached hydrogen (secondary N) is 1. The summed E-state index contributed by atoms with van der Waals surface area (Å²) in [6.07, 6.45) is 2.93. The standard InChI is InChI=1S/C16H23NO4/c1-2-20-14-5-3-4-6-15(14)21-11-16(19)17-12-7-9-13(18)10-8-12/h3-6,12-13,18H,2,7-11H2,1H3,(H,17,19). The van der Waals surface area contributed by atoms with Gasteiger partial charge in [-0.05, 0) is 44.7 Å². The molecule has 0 atom stereocenters. The van der Waals surface area contributed by atoms with Crippen molar-refractivity contribution >= 4 is 5.91 Å².